The van der Waals surface area contributed by atoms with Gasteiger partial charge < -0.3 is 15.5 Å². The minimum absolute atomic E-state index is 0.0963. The van der Waals surface area contributed by atoms with Crippen LogP contribution in [-0.2, 0) is 24.3 Å². The number of amides is 1. The van der Waals surface area contributed by atoms with Gasteiger partial charge in [-0.3, -0.25) is 14.5 Å². The Balaban J connectivity index is 1.39. The highest BCUT2D eigenvalue weighted by atomic mass is 16.2. The molecule has 2 aromatic rings. The van der Waals surface area contributed by atoms with Crippen molar-refractivity contribution in [2.24, 2.45) is 4.99 Å². The zero-order valence-electron chi connectivity index (χ0n) is 15.2. The first kappa shape index (κ1) is 18.0. The van der Waals surface area contributed by atoms with Gasteiger partial charge in [0.25, 0.3) is 0 Å². The first-order chi connectivity index (χ1) is 12.8. The van der Waals surface area contributed by atoms with Crippen LogP contribution in [0.4, 0.5) is 0 Å². The van der Waals surface area contributed by atoms with Crippen LogP contribution in [0.1, 0.15) is 17.5 Å². The molecule has 1 aliphatic heterocycles. The molecule has 2 heterocycles. The molecule has 138 valence electrons. The van der Waals surface area contributed by atoms with Crippen LogP contribution in [0.3, 0.4) is 0 Å². The molecule has 0 atom stereocenters. The summed E-state index contributed by atoms with van der Waals surface area (Å²) >= 11 is 0. The molecule has 0 saturated heterocycles. The fourth-order valence-electron chi connectivity index (χ4n) is 3.08. The molecule has 7 heteroatoms. The Morgan fingerprint density at radius 1 is 1.23 bits per heavy atom. The summed E-state index contributed by atoms with van der Waals surface area (Å²) in [6, 6.07) is 10.2. The molecule has 0 saturated carbocycles. The van der Waals surface area contributed by atoms with E-state index in [9.17, 15) is 4.79 Å². The Morgan fingerprint density at radius 3 is 2.85 bits per heavy atom. The van der Waals surface area contributed by atoms with Gasteiger partial charge in [-0.15, -0.1) is 0 Å². The third-order valence-electron chi connectivity index (χ3n) is 4.53. The molecule has 1 aromatic carbocycles. The van der Waals surface area contributed by atoms with Gasteiger partial charge in [-0.1, -0.05) is 24.3 Å². The summed E-state index contributed by atoms with van der Waals surface area (Å²) in [5.41, 5.74) is 2.59. The lowest BCUT2D eigenvalue weighted by Crippen LogP contribution is -2.46. The smallest absolute Gasteiger partial charge is 0.242 e. The zero-order valence-corrected chi connectivity index (χ0v) is 15.2. The Hall–Kier alpha value is -2.83. The number of nitrogens with zero attached hydrogens (tertiary/aromatic N) is 4. The Kier molecular flexibility index (Phi) is 6.24. The maximum atomic E-state index is 12.5. The van der Waals surface area contributed by atoms with Crippen LogP contribution in [0.15, 0.2) is 47.7 Å². The van der Waals surface area contributed by atoms with E-state index in [1.807, 2.05) is 27.9 Å². The molecule has 26 heavy (non-hydrogen) atoms. The molecule has 1 aromatic heterocycles. The van der Waals surface area contributed by atoms with Gasteiger partial charge >= 0.3 is 0 Å². The molecule has 0 spiro atoms. The van der Waals surface area contributed by atoms with Crippen LogP contribution in [-0.4, -0.2) is 53.2 Å². The van der Waals surface area contributed by atoms with Crippen molar-refractivity contribution in [1.29, 1.82) is 0 Å². The topological polar surface area (TPSA) is 74.5 Å². The lowest BCUT2D eigenvalue weighted by atomic mass is 10.00. The van der Waals surface area contributed by atoms with Crippen LogP contribution < -0.4 is 10.6 Å². The van der Waals surface area contributed by atoms with Gasteiger partial charge in [-0.25, -0.2) is 0 Å². The highest BCUT2D eigenvalue weighted by Crippen LogP contribution is 2.18. The van der Waals surface area contributed by atoms with Gasteiger partial charge in [0.15, 0.2) is 5.96 Å². The number of aromatic nitrogens is 2. The number of hydrogen-bond donors (Lipinski definition) is 2. The van der Waals surface area contributed by atoms with Crippen molar-refractivity contribution in [2.75, 3.05) is 26.7 Å². The monoisotopic (exact) mass is 354 g/mol. The molecule has 0 fully saturated rings. The summed E-state index contributed by atoms with van der Waals surface area (Å²) in [5.74, 6) is 0.746. The van der Waals surface area contributed by atoms with Crippen molar-refractivity contribution in [1.82, 2.24) is 25.3 Å². The van der Waals surface area contributed by atoms with E-state index < -0.39 is 0 Å². The van der Waals surface area contributed by atoms with E-state index in [4.69, 9.17) is 0 Å². The van der Waals surface area contributed by atoms with Crippen molar-refractivity contribution in [3.8, 4) is 0 Å². The Bertz CT molecular complexity index is 740. The predicted octanol–water partition coefficient (Wildman–Crippen LogP) is 1.02. The van der Waals surface area contributed by atoms with E-state index in [1.54, 1.807) is 13.2 Å². The molecule has 7 nitrogen and oxygen atoms in total. The van der Waals surface area contributed by atoms with E-state index >= 15 is 0 Å². The molecule has 0 aliphatic carbocycles. The van der Waals surface area contributed by atoms with Crippen LogP contribution in [0.5, 0.6) is 0 Å². The molecule has 1 aliphatic rings. The maximum absolute atomic E-state index is 12.5. The highest BCUT2D eigenvalue weighted by molar-refractivity contribution is 5.86. The van der Waals surface area contributed by atoms with Crippen LogP contribution in [0, 0.1) is 0 Å². The molecule has 1 amide bonds. The van der Waals surface area contributed by atoms with E-state index in [2.05, 4.69) is 38.9 Å². The number of benzene rings is 1. The average molecular weight is 354 g/mol. The molecule has 3 rings (SSSR count). The number of rotatable bonds is 6. The largest absolute Gasteiger partial charge is 0.356 e. The van der Waals surface area contributed by atoms with Crippen LogP contribution in [0.2, 0.25) is 0 Å². The van der Waals surface area contributed by atoms with Crippen LogP contribution in [0.25, 0.3) is 0 Å². The van der Waals surface area contributed by atoms with Crippen molar-refractivity contribution < 1.29 is 4.79 Å². The summed E-state index contributed by atoms with van der Waals surface area (Å²) in [6.07, 6.45) is 5.57. The number of carbonyl (C=O) groups is 1. The Morgan fingerprint density at radius 2 is 2.08 bits per heavy atom. The molecular formula is C19H26N6O. The number of carbonyl (C=O) groups excluding carboxylic acids is 1. The van der Waals surface area contributed by atoms with Gasteiger partial charge in [0.2, 0.25) is 5.91 Å². The minimum atomic E-state index is 0.0963. The third kappa shape index (κ3) is 4.84. The first-order valence-electron chi connectivity index (χ1n) is 9.03. The van der Waals surface area contributed by atoms with Gasteiger partial charge in [-0.2, -0.15) is 5.10 Å². The first-order valence-corrected chi connectivity index (χ1v) is 9.03. The van der Waals surface area contributed by atoms with E-state index in [1.165, 1.54) is 11.1 Å². The molecule has 0 bridgehead atoms. The lowest BCUT2D eigenvalue weighted by Gasteiger charge is -2.29. The van der Waals surface area contributed by atoms with Gasteiger partial charge in [0.1, 0.15) is 0 Å². The highest BCUT2D eigenvalue weighted by Gasteiger charge is 2.20. The fraction of sp³-hybridized carbons (Fsp3) is 0.421. The molecular weight excluding hydrogens is 328 g/mol. The number of guanidine groups is 1. The fourth-order valence-corrected chi connectivity index (χ4v) is 3.08. The van der Waals surface area contributed by atoms with Crippen molar-refractivity contribution >= 4 is 11.9 Å². The minimum Gasteiger partial charge on any atom is -0.356 e. The van der Waals surface area contributed by atoms with Gasteiger partial charge in [0.05, 0.1) is 6.54 Å². The summed E-state index contributed by atoms with van der Waals surface area (Å²) in [6.45, 7) is 3.33. The second-order valence-electron chi connectivity index (χ2n) is 6.31. The predicted molar refractivity (Wildman–Crippen MR) is 102 cm³/mol. The molecule has 2 N–H and O–H groups in total. The second kappa shape index (κ2) is 9.03. The summed E-state index contributed by atoms with van der Waals surface area (Å²) < 4.78 is 1.90. The number of hydrogen-bond acceptors (Lipinski definition) is 3. The lowest BCUT2D eigenvalue weighted by molar-refractivity contribution is -0.130. The number of fused-ring (bicyclic) bond motifs is 1. The third-order valence-corrected chi connectivity index (χ3v) is 4.53. The van der Waals surface area contributed by atoms with Crippen molar-refractivity contribution in [2.45, 2.75) is 25.9 Å². The SMILES string of the molecule is CN=C(NCCCn1cccn1)NCC(=O)N1CCc2ccccc2C1. The van der Waals surface area contributed by atoms with Gasteiger partial charge in [-0.05, 0) is 30.0 Å². The Labute approximate surface area is 154 Å². The van der Waals surface area contributed by atoms with E-state index in [0.29, 0.717) is 12.5 Å². The van der Waals surface area contributed by atoms with Gasteiger partial charge in [0, 0.05) is 45.6 Å². The number of aryl methyl sites for hydroxylation is 1. The normalized spacial score (nSPS) is 14.0. The van der Waals surface area contributed by atoms with E-state index in [0.717, 1.165) is 32.5 Å². The molecule has 0 radical (unpaired) electrons. The maximum Gasteiger partial charge on any atom is 0.242 e. The second-order valence-corrected chi connectivity index (χ2v) is 6.31. The average Bonchev–Trinajstić information content (AvgIpc) is 3.20. The summed E-state index contributed by atoms with van der Waals surface area (Å²) in [5, 5.41) is 10.5. The van der Waals surface area contributed by atoms with Crippen molar-refractivity contribution in [3.63, 3.8) is 0 Å². The van der Waals surface area contributed by atoms with Crippen molar-refractivity contribution in [3.05, 3.63) is 53.9 Å². The van der Waals surface area contributed by atoms with Crippen LogP contribution >= 0.6 is 0 Å². The number of nitrogens with one attached hydrogen (secondary N) is 2. The summed E-state index contributed by atoms with van der Waals surface area (Å²) in [7, 11) is 1.71. The van der Waals surface area contributed by atoms with E-state index in [-0.39, 0.29) is 12.5 Å². The summed E-state index contributed by atoms with van der Waals surface area (Å²) in [4.78, 5) is 18.6. The zero-order chi connectivity index (χ0) is 18.2. The molecule has 0 unspecified atom stereocenters. The standard InChI is InChI=1S/C19H26N6O/c1-20-19(21-9-4-11-25-12-5-10-23-25)22-14-18(26)24-13-8-16-6-2-3-7-17(16)15-24/h2-3,5-7,10,12H,4,8-9,11,13-15H2,1H3,(H2,20,21,22). The quantitative estimate of drug-likeness (QED) is 0.461. The number of aliphatic imine (C=N–C) groups is 1.